The summed E-state index contributed by atoms with van der Waals surface area (Å²) in [6.07, 6.45) is 1.25. The quantitative estimate of drug-likeness (QED) is 0.825. The van der Waals surface area contributed by atoms with Crippen LogP contribution in [0.3, 0.4) is 0 Å². The van der Waals surface area contributed by atoms with E-state index in [1.54, 1.807) is 6.92 Å². The van der Waals surface area contributed by atoms with Crippen LogP contribution in [0.15, 0.2) is 30.3 Å². The molecule has 0 aliphatic rings. The fourth-order valence-corrected chi connectivity index (χ4v) is 1.36. The summed E-state index contributed by atoms with van der Waals surface area (Å²) in [5.41, 5.74) is 0.947. The molecule has 1 rings (SSSR count). The summed E-state index contributed by atoms with van der Waals surface area (Å²) in [5.74, 6) is 0. The van der Waals surface area contributed by atoms with Gasteiger partial charge in [0.25, 0.3) is 0 Å². The van der Waals surface area contributed by atoms with Crippen molar-refractivity contribution in [3.8, 4) is 0 Å². The molecule has 1 atom stereocenters. The molecule has 4 heteroatoms. The summed E-state index contributed by atoms with van der Waals surface area (Å²) < 4.78 is 22.2. The van der Waals surface area contributed by atoms with Crippen molar-refractivity contribution in [2.24, 2.45) is 0 Å². The van der Waals surface area contributed by atoms with Crippen molar-refractivity contribution < 1.29 is 8.42 Å². The van der Waals surface area contributed by atoms with E-state index >= 15 is 0 Å². The maximum atomic E-state index is 11.1. The second kappa shape index (κ2) is 4.46. The normalized spacial score (nSPS) is 13.6. The van der Waals surface area contributed by atoms with Gasteiger partial charge in [-0.15, -0.1) is 0 Å². The summed E-state index contributed by atoms with van der Waals surface area (Å²) in [6.45, 7) is 2.15. The third kappa shape index (κ3) is 3.38. The van der Waals surface area contributed by atoms with Gasteiger partial charge in [0.15, 0.2) is 9.84 Å². The fourth-order valence-electron chi connectivity index (χ4n) is 0.969. The predicted molar refractivity (Wildman–Crippen MR) is 59.2 cm³/mol. The van der Waals surface area contributed by atoms with Crippen LogP contribution in [0.5, 0.6) is 0 Å². The Morgan fingerprint density at radius 3 is 2.36 bits per heavy atom. The van der Waals surface area contributed by atoms with Crippen LogP contribution < -0.4 is 5.32 Å². The Morgan fingerprint density at radius 2 is 1.86 bits per heavy atom. The van der Waals surface area contributed by atoms with E-state index in [-0.39, 0.29) is 5.25 Å². The van der Waals surface area contributed by atoms with Crippen molar-refractivity contribution in [3.63, 3.8) is 0 Å². The van der Waals surface area contributed by atoms with Gasteiger partial charge < -0.3 is 5.32 Å². The first kappa shape index (κ1) is 11.0. The van der Waals surface area contributed by atoms with Gasteiger partial charge in [-0.3, -0.25) is 0 Å². The highest BCUT2D eigenvalue weighted by Gasteiger charge is 2.13. The third-order valence-corrected chi connectivity index (χ3v) is 3.73. The minimum absolute atomic E-state index is 0.359. The molecule has 0 bridgehead atoms. The molecule has 0 saturated heterocycles. The van der Waals surface area contributed by atoms with Gasteiger partial charge in [0.1, 0.15) is 0 Å². The molecule has 0 spiro atoms. The molecule has 0 aliphatic carbocycles. The monoisotopic (exact) mass is 213 g/mol. The van der Waals surface area contributed by atoms with Gasteiger partial charge in [0.05, 0.1) is 5.25 Å². The van der Waals surface area contributed by atoms with Crippen molar-refractivity contribution in [1.82, 2.24) is 0 Å². The molecule has 1 aromatic carbocycles. The van der Waals surface area contributed by atoms with Crippen molar-refractivity contribution >= 4 is 15.5 Å². The predicted octanol–water partition coefficient (Wildman–Crippen LogP) is 1.53. The van der Waals surface area contributed by atoms with Crippen LogP contribution in [0, 0.1) is 0 Å². The lowest BCUT2D eigenvalue weighted by Gasteiger charge is -2.11. The number of para-hydroxylation sites is 1. The number of hydrogen-bond donors (Lipinski definition) is 1. The molecule has 78 valence electrons. The van der Waals surface area contributed by atoms with Crippen LogP contribution in [-0.4, -0.2) is 26.5 Å². The van der Waals surface area contributed by atoms with Crippen LogP contribution in [0.1, 0.15) is 6.92 Å². The van der Waals surface area contributed by atoms with Crippen molar-refractivity contribution in [3.05, 3.63) is 30.3 Å². The molecule has 0 fully saturated rings. The first-order valence-corrected chi connectivity index (χ1v) is 6.43. The highest BCUT2D eigenvalue weighted by Crippen LogP contribution is 2.06. The van der Waals surface area contributed by atoms with Crippen molar-refractivity contribution in [1.29, 1.82) is 0 Å². The summed E-state index contributed by atoms with van der Waals surface area (Å²) >= 11 is 0. The van der Waals surface area contributed by atoms with Crippen molar-refractivity contribution in [2.45, 2.75) is 12.2 Å². The van der Waals surface area contributed by atoms with E-state index in [2.05, 4.69) is 5.32 Å². The number of sulfone groups is 1. The van der Waals surface area contributed by atoms with Gasteiger partial charge in [-0.2, -0.15) is 0 Å². The lowest BCUT2D eigenvalue weighted by molar-refractivity contribution is 0.591. The molecule has 1 aromatic rings. The average Bonchev–Trinajstić information content (AvgIpc) is 2.14. The van der Waals surface area contributed by atoms with Gasteiger partial charge in [-0.05, 0) is 19.1 Å². The van der Waals surface area contributed by atoms with Crippen LogP contribution in [0.4, 0.5) is 5.69 Å². The molecule has 0 aromatic heterocycles. The van der Waals surface area contributed by atoms with E-state index in [1.807, 2.05) is 30.3 Å². The minimum Gasteiger partial charge on any atom is -0.384 e. The lowest BCUT2D eigenvalue weighted by atomic mass is 10.3. The van der Waals surface area contributed by atoms with E-state index in [1.165, 1.54) is 6.26 Å². The van der Waals surface area contributed by atoms with Gasteiger partial charge in [0.2, 0.25) is 0 Å². The molecule has 1 N–H and O–H groups in total. The molecule has 0 aliphatic heterocycles. The maximum absolute atomic E-state index is 11.1. The molecule has 0 heterocycles. The summed E-state index contributed by atoms with van der Waals surface area (Å²) in [6, 6.07) is 9.57. The molecule has 0 saturated carbocycles. The standard InChI is InChI=1S/C10H15NO2S/c1-9(14(2,12)13)8-11-10-6-4-3-5-7-10/h3-7,9,11H,8H2,1-2H3. The Bertz CT molecular complexity index is 372. The van der Waals surface area contributed by atoms with Crippen LogP contribution in [-0.2, 0) is 9.84 Å². The number of hydrogen-bond acceptors (Lipinski definition) is 3. The van der Waals surface area contributed by atoms with Gasteiger partial charge in [0, 0.05) is 18.5 Å². The van der Waals surface area contributed by atoms with Crippen LogP contribution in [0.2, 0.25) is 0 Å². The zero-order valence-corrected chi connectivity index (χ0v) is 9.21. The molecule has 3 nitrogen and oxygen atoms in total. The summed E-state index contributed by atoms with van der Waals surface area (Å²) in [4.78, 5) is 0. The van der Waals surface area contributed by atoms with Gasteiger partial charge in [-0.1, -0.05) is 18.2 Å². The second-order valence-electron chi connectivity index (χ2n) is 3.39. The summed E-state index contributed by atoms with van der Waals surface area (Å²) in [5, 5.41) is 2.71. The highest BCUT2D eigenvalue weighted by molar-refractivity contribution is 7.91. The van der Waals surface area contributed by atoms with E-state index in [0.29, 0.717) is 6.54 Å². The zero-order valence-electron chi connectivity index (χ0n) is 8.40. The number of nitrogens with one attached hydrogen (secondary N) is 1. The Balaban J connectivity index is 2.50. The molecule has 14 heavy (non-hydrogen) atoms. The first-order valence-electron chi connectivity index (χ1n) is 4.48. The lowest BCUT2D eigenvalue weighted by Crippen LogP contribution is -2.24. The van der Waals surface area contributed by atoms with E-state index in [9.17, 15) is 8.42 Å². The highest BCUT2D eigenvalue weighted by atomic mass is 32.2. The summed E-state index contributed by atoms with van der Waals surface area (Å²) in [7, 11) is -2.94. The van der Waals surface area contributed by atoms with E-state index in [4.69, 9.17) is 0 Å². The first-order chi connectivity index (χ1) is 6.50. The number of rotatable bonds is 4. The van der Waals surface area contributed by atoms with Crippen LogP contribution >= 0.6 is 0 Å². The second-order valence-corrected chi connectivity index (χ2v) is 5.85. The Hall–Kier alpha value is -1.03. The molecule has 0 radical (unpaired) electrons. The Labute approximate surface area is 85.1 Å². The minimum atomic E-state index is -2.94. The van der Waals surface area contributed by atoms with Gasteiger partial charge >= 0.3 is 0 Å². The maximum Gasteiger partial charge on any atom is 0.151 e. The molecular weight excluding hydrogens is 198 g/mol. The number of anilines is 1. The largest absolute Gasteiger partial charge is 0.384 e. The Kier molecular flexibility index (Phi) is 3.52. The van der Waals surface area contributed by atoms with Crippen molar-refractivity contribution in [2.75, 3.05) is 18.1 Å². The average molecular weight is 213 g/mol. The van der Waals surface area contributed by atoms with Crippen LogP contribution in [0.25, 0.3) is 0 Å². The topological polar surface area (TPSA) is 46.2 Å². The molecule has 1 unspecified atom stereocenters. The fraction of sp³-hybridized carbons (Fsp3) is 0.400. The Morgan fingerprint density at radius 1 is 1.29 bits per heavy atom. The molecular formula is C10H15NO2S. The number of benzene rings is 1. The SMILES string of the molecule is CC(CNc1ccccc1)S(C)(=O)=O. The van der Waals surface area contributed by atoms with E-state index in [0.717, 1.165) is 5.69 Å². The third-order valence-electron chi connectivity index (χ3n) is 2.10. The molecule has 0 amide bonds. The zero-order chi connectivity index (χ0) is 10.6. The van der Waals surface area contributed by atoms with E-state index < -0.39 is 9.84 Å². The van der Waals surface area contributed by atoms with Gasteiger partial charge in [-0.25, -0.2) is 8.42 Å². The smallest absolute Gasteiger partial charge is 0.151 e.